The van der Waals surface area contributed by atoms with Crippen LogP contribution in [0, 0.1) is 13.0 Å². The average Bonchev–Trinajstić information content (AvgIpc) is 2.47. The van der Waals surface area contributed by atoms with Gasteiger partial charge in [0.15, 0.2) is 0 Å². The second kappa shape index (κ2) is 5.04. The number of nitrogens with zero attached hydrogens (tertiary/aromatic N) is 1. The van der Waals surface area contributed by atoms with E-state index < -0.39 is 0 Å². The van der Waals surface area contributed by atoms with Gasteiger partial charge >= 0.3 is 0 Å². The van der Waals surface area contributed by atoms with Crippen LogP contribution in [0.1, 0.15) is 29.7 Å². The van der Waals surface area contributed by atoms with Crippen LogP contribution < -0.4 is 4.74 Å². The standard InChI is InChI=1S/C17H18NO/c1-12-16(13-8-4-3-5-9-13)14-10-6-7-11-15(14)17(18-12)19-2/h3-4,8-9H,6-7,10-11H2,1-2H3. The van der Waals surface area contributed by atoms with E-state index in [0.717, 1.165) is 24.4 Å². The molecule has 0 atom stereocenters. The van der Waals surface area contributed by atoms with Crippen LogP contribution in [0.15, 0.2) is 24.3 Å². The van der Waals surface area contributed by atoms with E-state index in [2.05, 4.69) is 24.0 Å². The summed E-state index contributed by atoms with van der Waals surface area (Å²) in [5, 5.41) is 0. The predicted octanol–water partition coefficient (Wildman–Crippen LogP) is 3.74. The molecule has 0 amide bonds. The molecule has 0 N–H and O–H groups in total. The Hall–Kier alpha value is -1.83. The Labute approximate surface area is 114 Å². The van der Waals surface area contributed by atoms with Gasteiger partial charge in [-0.15, -0.1) is 0 Å². The van der Waals surface area contributed by atoms with E-state index in [1.165, 1.54) is 35.1 Å². The molecule has 2 nitrogen and oxygen atoms in total. The summed E-state index contributed by atoms with van der Waals surface area (Å²) in [7, 11) is 1.71. The maximum absolute atomic E-state index is 5.47. The minimum Gasteiger partial charge on any atom is -0.481 e. The molecule has 1 aliphatic carbocycles. The number of hydrogen-bond acceptors (Lipinski definition) is 2. The third kappa shape index (κ3) is 2.12. The van der Waals surface area contributed by atoms with Gasteiger partial charge in [0.05, 0.1) is 7.11 Å². The highest BCUT2D eigenvalue weighted by molar-refractivity contribution is 5.72. The molecule has 0 saturated carbocycles. The molecule has 0 bridgehead atoms. The summed E-state index contributed by atoms with van der Waals surface area (Å²) in [5.41, 5.74) is 6.28. The number of pyridine rings is 1. The van der Waals surface area contributed by atoms with E-state index in [0.29, 0.717) is 0 Å². The maximum atomic E-state index is 5.47. The van der Waals surface area contributed by atoms with Crippen LogP contribution in [0.25, 0.3) is 11.1 Å². The molecule has 0 unspecified atom stereocenters. The van der Waals surface area contributed by atoms with Crippen molar-refractivity contribution >= 4 is 0 Å². The van der Waals surface area contributed by atoms with Crippen molar-refractivity contribution in [2.45, 2.75) is 32.6 Å². The predicted molar refractivity (Wildman–Crippen MR) is 76.4 cm³/mol. The maximum Gasteiger partial charge on any atom is 0.216 e. The minimum atomic E-state index is 0.816. The lowest BCUT2D eigenvalue weighted by molar-refractivity contribution is 0.388. The van der Waals surface area contributed by atoms with E-state index >= 15 is 0 Å². The van der Waals surface area contributed by atoms with Crippen molar-refractivity contribution < 1.29 is 4.74 Å². The van der Waals surface area contributed by atoms with Crippen molar-refractivity contribution in [2.24, 2.45) is 0 Å². The number of aryl methyl sites for hydroxylation is 1. The first-order chi connectivity index (χ1) is 9.31. The molecule has 1 aromatic heterocycles. The SMILES string of the molecule is COc1nc(C)c(-c2c[c]ccc2)c2c1CCCC2. The molecule has 1 aromatic carbocycles. The van der Waals surface area contributed by atoms with E-state index in [1.54, 1.807) is 7.11 Å². The van der Waals surface area contributed by atoms with Crippen molar-refractivity contribution in [3.8, 4) is 17.0 Å². The molecule has 0 fully saturated rings. The van der Waals surface area contributed by atoms with Crippen LogP contribution in [0.3, 0.4) is 0 Å². The zero-order chi connectivity index (χ0) is 13.2. The summed E-state index contributed by atoms with van der Waals surface area (Å²) in [6.45, 7) is 2.07. The first-order valence-corrected chi connectivity index (χ1v) is 6.84. The molecule has 0 saturated heterocycles. The van der Waals surface area contributed by atoms with Gasteiger partial charge in [-0.25, -0.2) is 4.98 Å². The second-order valence-corrected chi connectivity index (χ2v) is 5.04. The van der Waals surface area contributed by atoms with Crippen molar-refractivity contribution in [1.29, 1.82) is 0 Å². The highest BCUT2D eigenvalue weighted by Gasteiger charge is 2.21. The largest absolute Gasteiger partial charge is 0.481 e. The second-order valence-electron chi connectivity index (χ2n) is 5.04. The first kappa shape index (κ1) is 12.2. The molecule has 1 radical (unpaired) electrons. The zero-order valence-corrected chi connectivity index (χ0v) is 11.5. The Morgan fingerprint density at radius 2 is 2.00 bits per heavy atom. The Balaban J connectivity index is 2.25. The van der Waals surface area contributed by atoms with E-state index in [-0.39, 0.29) is 0 Å². The highest BCUT2D eigenvalue weighted by Crippen LogP contribution is 2.37. The summed E-state index contributed by atoms with van der Waals surface area (Å²) < 4.78 is 5.47. The van der Waals surface area contributed by atoms with Crippen LogP contribution in [-0.2, 0) is 12.8 Å². The van der Waals surface area contributed by atoms with Gasteiger partial charge in [-0.3, -0.25) is 0 Å². The van der Waals surface area contributed by atoms with Gasteiger partial charge in [0.1, 0.15) is 0 Å². The van der Waals surface area contributed by atoms with Crippen molar-refractivity contribution in [2.75, 3.05) is 7.11 Å². The summed E-state index contributed by atoms with van der Waals surface area (Å²) in [5.74, 6) is 0.816. The third-order valence-corrected chi connectivity index (χ3v) is 3.85. The lowest BCUT2D eigenvalue weighted by Gasteiger charge is -2.23. The molecule has 3 rings (SSSR count). The van der Waals surface area contributed by atoms with Crippen LogP contribution in [-0.4, -0.2) is 12.1 Å². The van der Waals surface area contributed by atoms with E-state index in [1.807, 2.05) is 18.2 Å². The fourth-order valence-corrected chi connectivity index (χ4v) is 3.01. The number of benzene rings is 1. The van der Waals surface area contributed by atoms with Crippen LogP contribution >= 0.6 is 0 Å². The molecule has 0 spiro atoms. The third-order valence-electron chi connectivity index (χ3n) is 3.85. The number of fused-ring (bicyclic) bond motifs is 1. The molecule has 2 heteroatoms. The van der Waals surface area contributed by atoms with Gasteiger partial charge in [0, 0.05) is 16.8 Å². The summed E-state index contributed by atoms with van der Waals surface area (Å²) >= 11 is 0. The van der Waals surface area contributed by atoms with Crippen LogP contribution in [0.5, 0.6) is 5.88 Å². The Bertz CT molecular complexity index is 590. The smallest absolute Gasteiger partial charge is 0.216 e. The monoisotopic (exact) mass is 252 g/mol. The normalized spacial score (nSPS) is 14.0. The molecule has 19 heavy (non-hydrogen) atoms. The van der Waals surface area contributed by atoms with E-state index in [9.17, 15) is 0 Å². The number of ether oxygens (including phenoxy) is 1. The van der Waals surface area contributed by atoms with Crippen LogP contribution in [0.4, 0.5) is 0 Å². The van der Waals surface area contributed by atoms with Gasteiger partial charge in [-0.2, -0.15) is 0 Å². The first-order valence-electron chi connectivity index (χ1n) is 6.84. The molecule has 0 aliphatic heterocycles. The van der Waals surface area contributed by atoms with Gasteiger partial charge < -0.3 is 4.74 Å². The van der Waals surface area contributed by atoms with Crippen LogP contribution in [0.2, 0.25) is 0 Å². The quantitative estimate of drug-likeness (QED) is 0.812. The Morgan fingerprint density at radius 3 is 2.68 bits per heavy atom. The molecule has 2 aromatic rings. The topological polar surface area (TPSA) is 22.1 Å². The number of methoxy groups -OCH3 is 1. The van der Waals surface area contributed by atoms with Gasteiger partial charge in [0.25, 0.3) is 0 Å². The Morgan fingerprint density at radius 1 is 1.21 bits per heavy atom. The fourth-order valence-electron chi connectivity index (χ4n) is 3.01. The average molecular weight is 252 g/mol. The van der Waals surface area contributed by atoms with E-state index in [4.69, 9.17) is 4.74 Å². The zero-order valence-electron chi connectivity index (χ0n) is 11.5. The lowest BCUT2D eigenvalue weighted by atomic mass is 9.86. The number of aromatic nitrogens is 1. The van der Waals surface area contributed by atoms with Crippen molar-refractivity contribution in [3.63, 3.8) is 0 Å². The van der Waals surface area contributed by atoms with Crippen molar-refractivity contribution in [1.82, 2.24) is 4.98 Å². The van der Waals surface area contributed by atoms with Crippen molar-refractivity contribution in [3.05, 3.63) is 47.2 Å². The lowest BCUT2D eigenvalue weighted by Crippen LogP contribution is -2.10. The number of rotatable bonds is 2. The minimum absolute atomic E-state index is 0.816. The highest BCUT2D eigenvalue weighted by atomic mass is 16.5. The molecule has 1 heterocycles. The molecular weight excluding hydrogens is 234 g/mol. The van der Waals surface area contributed by atoms with Gasteiger partial charge in [0.2, 0.25) is 5.88 Å². The Kier molecular flexibility index (Phi) is 3.24. The molecule has 97 valence electrons. The molecule has 1 aliphatic rings. The summed E-state index contributed by atoms with van der Waals surface area (Å²) in [6, 6.07) is 11.3. The van der Waals surface area contributed by atoms with Gasteiger partial charge in [-0.1, -0.05) is 18.2 Å². The molecular formula is C17H18NO. The summed E-state index contributed by atoms with van der Waals surface area (Å²) in [6.07, 6.45) is 4.69. The summed E-state index contributed by atoms with van der Waals surface area (Å²) in [4.78, 5) is 4.65. The fraction of sp³-hybridized carbons (Fsp3) is 0.353. The van der Waals surface area contributed by atoms with Gasteiger partial charge in [-0.05, 0) is 55.9 Å². The number of hydrogen-bond donors (Lipinski definition) is 0.